The lowest BCUT2D eigenvalue weighted by atomic mass is 10.0. The van der Waals surface area contributed by atoms with Crippen LogP contribution in [0.4, 0.5) is 0 Å². The maximum atomic E-state index is 12.1. The SMILES string of the molecule is CCOC(=O)C(CC/C(C)=N/OS(C)(=O)=O)C(=O)N(C)OC. The maximum absolute atomic E-state index is 12.1. The van der Waals surface area contributed by atoms with Crippen molar-refractivity contribution in [1.29, 1.82) is 0 Å². The molecule has 0 aromatic rings. The molecule has 0 heterocycles. The van der Waals surface area contributed by atoms with E-state index in [1.165, 1.54) is 21.1 Å². The Morgan fingerprint density at radius 2 is 1.91 bits per heavy atom. The molecule has 22 heavy (non-hydrogen) atoms. The Hall–Kier alpha value is -1.68. The van der Waals surface area contributed by atoms with E-state index in [9.17, 15) is 18.0 Å². The van der Waals surface area contributed by atoms with Crippen LogP contribution in [0, 0.1) is 5.92 Å². The van der Waals surface area contributed by atoms with Crippen LogP contribution in [0.1, 0.15) is 26.7 Å². The van der Waals surface area contributed by atoms with E-state index >= 15 is 0 Å². The Balaban J connectivity index is 4.85. The number of ether oxygens (including phenoxy) is 1. The first-order valence-electron chi connectivity index (χ1n) is 6.52. The Kier molecular flexibility index (Phi) is 8.65. The molecule has 1 atom stereocenters. The second-order valence-corrected chi connectivity index (χ2v) is 6.02. The van der Waals surface area contributed by atoms with Crippen molar-refractivity contribution in [1.82, 2.24) is 5.06 Å². The second-order valence-electron chi connectivity index (χ2n) is 4.47. The van der Waals surface area contributed by atoms with E-state index in [1.807, 2.05) is 0 Å². The summed E-state index contributed by atoms with van der Waals surface area (Å²) >= 11 is 0. The minimum absolute atomic E-state index is 0.0911. The van der Waals surface area contributed by atoms with Crippen LogP contribution in [0.3, 0.4) is 0 Å². The first-order chi connectivity index (χ1) is 10.1. The van der Waals surface area contributed by atoms with Gasteiger partial charge in [0.2, 0.25) is 0 Å². The Morgan fingerprint density at radius 3 is 2.36 bits per heavy atom. The number of rotatable bonds is 9. The third-order valence-electron chi connectivity index (χ3n) is 2.58. The molecule has 0 rings (SSSR count). The molecule has 0 saturated carbocycles. The molecular formula is C12H22N2O7S. The van der Waals surface area contributed by atoms with Crippen molar-refractivity contribution in [2.75, 3.05) is 27.0 Å². The monoisotopic (exact) mass is 338 g/mol. The summed E-state index contributed by atoms with van der Waals surface area (Å²) in [4.78, 5) is 28.7. The van der Waals surface area contributed by atoms with Crippen molar-refractivity contribution in [3.05, 3.63) is 0 Å². The van der Waals surface area contributed by atoms with Crippen molar-refractivity contribution < 1.29 is 31.9 Å². The van der Waals surface area contributed by atoms with Crippen LogP contribution >= 0.6 is 0 Å². The first-order valence-corrected chi connectivity index (χ1v) is 8.34. The molecule has 0 aliphatic carbocycles. The summed E-state index contributed by atoms with van der Waals surface area (Å²) in [7, 11) is -1.02. The van der Waals surface area contributed by atoms with Gasteiger partial charge in [-0.3, -0.25) is 18.7 Å². The van der Waals surface area contributed by atoms with Crippen LogP contribution in [0.15, 0.2) is 5.16 Å². The highest BCUT2D eigenvalue weighted by Gasteiger charge is 2.30. The Bertz CT molecular complexity index is 516. The van der Waals surface area contributed by atoms with Crippen LogP contribution in [0.2, 0.25) is 0 Å². The van der Waals surface area contributed by atoms with Crippen LogP contribution < -0.4 is 0 Å². The smallest absolute Gasteiger partial charge is 0.325 e. The predicted octanol–water partition coefficient (Wildman–Crippen LogP) is 0.318. The maximum Gasteiger partial charge on any atom is 0.325 e. The van der Waals surface area contributed by atoms with Gasteiger partial charge in [0.15, 0.2) is 0 Å². The van der Waals surface area contributed by atoms with E-state index in [0.717, 1.165) is 11.3 Å². The van der Waals surface area contributed by atoms with Crippen molar-refractivity contribution in [3.8, 4) is 0 Å². The van der Waals surface area contributed by atoms with E-state index in [4.69, 9.17) is 9.57 Å². The average Bonchev–Trinajstić information content (AvgIpc) is 2.43. The lowest BCUT2D eigenvalue weighted by molar-refractivity contribution is -0.179. The Morgan fingerprint density at radius 1 is 1.32 bits per heavy atom. The van der Waals surface area contributed by atoms with Crippen molar-refractivity contribution in [3.63, 3.8) is 0 Å². The number of amides is 1. The molecule has 10 heteroatoms. The van der Waals surface area contributed by atoms with Gasteiger partial charge in [-0.05, 0) is 26.7 Å². The molecule has 0 N–H and O–H groups in total. The topological polar surface area (TPSA) is 112 Å². The standard InChI is InChI=1S/C12H22N2O7S/c1-6-20-12(16)10(11(15)14(3)19-4)8-7-9(2)13-21-22(5,17)18/h10H,6-8H2,1-5H3/b13-9+. The number of nitrogens with zero attached hydrogens (tertiary/aromatic N) is 2. The van der Waals surface area contributed by atoms with Gasteiger partial charge in [0, 0.05) is 7.05 Å². The van der Waals surface area contributed by atoms with E-state index in [1.54, 1.807) is 6.92 Å². The number of carbonyl (C=O) groups is 2. The van der Waals surface area contributed by atoms with Gasteiger partial charge in [-0.25, -0.2) is 5.06 Å². The molecule has 1 unspecified atom stereocenters. The van der Waals surface area contributed by atoms with Crippen LogP contribution in [-0.2, 0) is 33.6 Å². The second kappa shape index (κ2) is 9.36. The van der Waals surface area contributed by atoms with Gasteiger partial charge >= 0.3 is 16.1 Å². The molecule has 0 aromatic heterocycles. The van der Waals surface area contributed by atoms with Gasteiger partial charge in [-0.2, -0.15) is 8.42 Å². The molecule has 0 radical (unpaired) electrons. The molecule has 0 bridgehead atoms. The quantitative estimate of drug-likeness (QED) is 0.257. The molecule has 0 aliphatic rings. The zero-order chi connectivity index (χ0) is 17.3. The van der Waals surface area contributed by atoms with Crippen molar-refractivity contribution in [2.24, 2.45) is 11.1 Å². The normalized spacial score (nSPS) is 13.4. The average molecular weight is 338 g/mol. The summed E-state index contributed by atoms with van der Waals surface area (Å²) in [6, 6.07) is 0. The van der Waals surface area contributed by atoms with Gasteiger partial charge in [0.05, 0.1) is 25.7 Å². The van der Waals surface area contributed by atoms with Gasteiger partial charge in [-0.1, -0.05) is 5.16 Å². The van der Waals surface area contributed by atoms with Crippen LogP contribution in [-0.4, -0.2) is 58.1 Å². The highest BCUT2D eigenvalue weighted by atomic mass is 32.2. The summed E-state index contributed by atoms with van der Waals surface area (Å²) < 4.78 is 30.8. The summed E-state index contributed by atoms with van der Waals surface area (Å²) in [5.41, 5.74) is 0.326. The summed E-state index contributed by atoms with van der Waals surface area (Å²) in [5, 5.41) is 4.35. The van der Waals surface area contributed by atoms with E-state index in [0.29, 0.717) is 5.71 Å². The molecule has 128 valence electrons. The molecule has 0 spiro atoms. The summed E-state index contributed by atoms with van der Waals surface area (Å²) in [6.07, 6.45) is 1.14. The van der Waals surface area contributed by atoms with Crippen molar-refractivity contribution >= 4 is 27.7 Å². The van der Waals surface area contributed by atoms with E-state index in [2.05, 4.69) is 9.44 Å². The highest BCUT2D eigenvalue weighted by Crippen LogP contribution is 2.14. The number of hydrogen-bond acceptors (Lipinski definition) is 8. The summed E-state index contributed by atoms with van der Waals surface area (Å²) in [5.74, 6) is -2.29. The van der Waals surface area contributed by atoms with Crippen LogP contribution in [0.5, 0.6) is 0 Å². The van der Waals surface area contributed by atoms with Crippen molar-refractivity contribution in [2.45, 2.75) is 26.7 Å². The summed E-state index contributed by atoms with van der Waals surface area (Å²) in [6.45, 7) is 3.30. The lowest BCUT2D eigenvalue weighted by Gasteiger charge is -2.20. The zero-order valence-electron chi connectivity index (χ0n) is 13.4. The first kappa shape index (κ1) is 20.3. The lowest BCUT2D eigenvalue weighted by Crippen LogP contribution is -2.37. The highest BCUT2D eigenvalue weighted by molar-refractivity contribution is 7.85. The number of carbonyl (C=O) groups excluding carboxylic acids is 2. The molecule has 9 nitrogen and oxygen atoms in total. The fourth-order valence-electron chi connectivity index (χ4n) is 1.42. The largest absolute Gasteiger partial charge is 0.465 e. The minimum atomic E-state index is -3.69. The number of hydroxylamine groups is 2. The Labute approximate surface area is 130 Å². The molecule has 0 saturated heterocycles. The minimum Gasteiger partial charge on any atom is -0.465 e. The fraction of sp³-hybridized carbons (Fsp3) is 0.750. The zero-order valence-corrected chi connectivity index (χ0v) is 14.2. The van der Waals surface area contributed by atoms with Gasteiger partial charge in [-0.15, -0.1) is 0 Å². The molecule has 0 fully saturated rings. The molecule has 0 aromatic carbocycles. The van der Waals surface area contributed by atoms with Crippen LogP contribution in [0.25, 0.3) is 0 Å². The third kappa shape index (κ3) is 7.93. The number of oxime groups is 1. The van der Waals surface area contributed by atoms with Gasteiger partial charge in [0.1, 0.15) is 5.92 Å². The molecular weight excluding hydrogens is 316 g/mol. The predicted molar refractivity (Wildman–Crippen MR) is 78.2 cm³/mol. The number of hydrogen-bond donors (Lipinski definition) is 0. The third-order valence-corrected chi connectivity index (χ3v) is 2.92. The number of esters is 1. The van der Waals surface area contributed by atoms with E-state index < -0.39 is 27.9 Å². The van der Waals surface area contributed by atoms with Gasteiger partial charge < -0.3 is 4.74 Å². The molecule has 1 amide bonds. The fourth-order valence-corrected chi connectivity index (χ4v) is 1.69. The van der Waals surface area contributed by atoms with E-state index in [-0.39, 0.29) is 19.4 Å². The van der Waals surface area contributed by atoms with Gasteiger partial charge in [0.25, 0.3) is 5.91 Å². The molecule has 0 aliphatic heterocycles.